The predicted molar refractivity (Wildman–Crippen MR) is 62.9 cm³/mol. The summed E-state index contributed by atoms with van der Waals surface area (Å²) in [5.41, 5.74) is 0. The summed E-state index contributed by atoms with van der Waals surface area (Å²) in [6, 6.07) is -0.141. The van der Waals surface area contributed by atoms with Gasteiger partial charge in [-0.25, -0.2) is 0 Å². The fourth-order valence-electron chi connectivity index (χ4n) is 2.04. The number of piperazine rings is 1. The number of amides is 2. The van der Waals surface area contributed by atoms with Crippen LogP contribution in [0.4, 0.5) is 0 Å². The molecule has 16 heavy (non-hydrogen) atoms. The van der Waals surface area contributed by atoms with Crippen molar-refractivity contribution in [1.82, 2.24) is 10.2 Å². The lowest BCUT2D eigenvalue weighted by molar-refractivity contribution is -0.146. The van der Waals surface area contributed by atoms with Gasteiger partial charge in [0.15, 0.2) is 0 Å². The molecule has 4 heteroatoms. The summed E-state index contributed by atoms with van der Waals surface area (Å²) in [7, 11) is 0. The maximum Gasteiger partial charge on any atom is 0.245 e. The third kappa shape index (κ3) is 2.97. The van der Waals surface area contributed by atoms with Gasteiger partial charge in [0, 0.05) is 6.04 Å². The molecule has 2 atom stereocenters. The molecule has 1 aliphatic rings. The van der Waals surface area contributed by atoms with Crippen LogP contribution in [0.3, 0.4) is 0 Å². The first kappa shape index (κ1) is 13.0. The maximum atomic E-state index is 12.0. The Kier molecular flexibility index (Phi) is 4.77. The monoisotopic (exact) mass is 226 g/mol. The minimum absolute atomic E-state index is 0.0326. The Hall–Kier alpha value is -1.06. The molecule has 0 aliphatic carbocycles. The van der Waals surface area contributed by atoms with Gasteiger partial charge in [-0.2, -0.15) is 0 Å². The summed E-state index contributed by atoms with van der Waals surface area (Å²) in [6.07, 6.45) is 3.87. The molecule has 0 radical (unpaired) electrons. The minimum atomic E-state index is -0.315. The van der Waals surface area contributed by atoms with Gasteiger partial charge in [-0.15, -0.1) is 0 Å². The summed E-state index contributed by atoms with van der Waals surface area (Å²) in [5.74, 6) is 0.0421. The molecule has 2 unspecified atom stereocenters. The smallest absolute Gasteiger partial charge is 0.245 e. The number of rotatable bonds is 5. The lowest BCUT2D eigenvalue weighted by Gasteiger charge is -2.36. The number of nitrogens with zero attached hydrogens (tertiary/aromatic N) is 1. The zero-order chi connectivity index (χ0) is 12.1. The number of carbonyl (C=O) groups is 2. The van der Waals surface area contributed by atoms with Crippen molar-refractivity contribution in [3.63, 3.8) is 0 Å². The summed E-state index contributed by atoms with van der Waals surface area (Å²) >= 11 is 0. The van der Waals surface area contributed by atoms with Crippen molar-refractivity contribution in [3.8, 4) is 0 Å². The molecule has 0 bridgehead atoms. The molecule has 1 N–H and O–H groups in total. The first-order chi connectivity index (χ1) is 7.60. The number of hydrogen-bond acceptors (Lipinski definition) is 2. The van der Waals surface area contributed by atoms with Crippen molar-refractivity contribution in [2.24, 2.45) is 0 Å². The van der Waals surface area contributed by atoms with Crippen LogP contribution in [0.1, 0.15) is 46.5 Å². The van der Waals surface area contributed by atoms with Gasteiger partial charge in [0.1, 0.15) is 6.04 Å². The molecule has 1 saturated heterocycles. The van der Waals surface area contributed by atoms with E-state index in [1.165, 1.54) is 0 Å². The van der Waals surface area contributed by atoms with Gasteiger partial charge in [-0.05, 0) is 19.8 Å². The van der Waals surface area contributed by atoms with Gasteiger partial charge in [0.2, 0.25) is 11.8 Å². The topological polar surface area (TPSA) is 49.4 Å². The number of unbranched alkanes of at least 4 members (excludes halogenated alkanes) is 1. The third-order valence-corrected chi connectivity index (χ3v) is 3.15. The molecular weight excluding hydrogens is 204 g/mol. The van der Waals surface area contributed by atoms with Gasteiger partial charge < -0.3 is 10.2 Å². The van der Waals surface area contributed by atoms with Crippen molar-refractivity contribution in [2.75, 3.05) is 6.54 Å². The quantitative estimate of drug-likeness (QED) is 0.768. The predicted octanol–water partition coefficient (Wildman–Crippen LogP) is 1.30. The van der Waals surface area contributed by atoms with E-state index in [0.29, 0.717) is 6.42 Å². The fourth-order valence-corrected chi connectivity index (χ4v) is 2.04. The van der Waals surface area contributed by atoms with E-state index in [1.54, 1.807) is 4.90 Å². The van der Waals surface area contributed by atoms with E-state index in [4.69, 9.17) is 0 Å². The first-order valence-electron chi connectivity index (χ1n) is 6.20. The SMILES string of the molecule is CCCCC(C)N1CC(=O)NC(CC)C1=O. The highest BCUT2D eigenvalue weighted by Crippen LogP contribution is 2.13. The molecular formula is C12H22N2O2. The highest BCUT2D eigenvalue weighted by Gasteiger charge is 2.33. The highest BCUT2D eigenvalue weighted by molar-refractivity contribution is 5.94. The minimum Gasteiger partial charge on any atom is -0.343 e. The van der Waals surface area contributed by atoms with Crippen LogP contribution in [-0.4, -0.2) is 35.3 Å². The van der Waals surface area contributed by atoms with Crippen LogP contribution >= 0.6 is 0 Å². The second-order valence-corrected chi connectivity index (χ2v) is 4.49. The van der Waals surface area contributed by atoms with Gasteiger partial charge in [0.25, 0.3) is 0 Å². The van der Waals surface area contributed by atoms with Crippen LogP contribution in [0.15, 0.2) is 0 Å². The molecule has 2 amide bonds. The van der Waals surface area contributed by atoms with E-state index in [9.17, 15) is 9.59 Å². The largest absolute Gasteiger partial charge is 0.343 e. The van der Waals surface area contributed by atoms with E-state index in [-0.39, 0.29) is 30.4 Å². The number of hydrogen-bond donors (Lipinski definition) is 1. The van der Waals surface area contributed by atoms with Crippen LogP contribution in [0.25, 0.3) is 0 Å². The van der Waals surface area contributed by atoms with Crippen LogP contribution in [0.2, 0.25) is 0 Å². The van der Waals surface area contributed by atoms with Crippen LogP contribution in [0, 0.1) is 0 Å². The lowest BCUT2D eigenvalue weighted by Crippen LogP contribution is -2.59. The Morgan fingerprint density at radius 3 is 2.69 bits per heavy atom. The molecule has 0 spiro atoms. The molecule has 0 saturated carbocycles. The summed E-state index contributed by atoms with van der Waals surface area (Å²) in [4.78, 5) is 25.2. The van der Waals surface area contributed by atoms with E-state index in [2.05, 4.69) is 12.2 Å². The highest BCUT2D eigenvalue weighted by atomic mass is 16.2. The van der Waals surface area contributed by atoms with Crippen molar-refractivity contribution >= 4 is 11.8 Å². The Labute approximate surface area is 97.4 Å². The molecule has 0 aromatic rings. The molecule has 4 nitrogen and oxygen atoms in total. The fraction of sp³-hybridized carbons (Fsp3) is 0.833. The average molecular weight is 226 g/mol. The van der Waals surface area contributed by atoms with Crippen molar-refractivity contribution in [1.29, 1.82) is 0 Å². The van der Waals surface area contributed by atoms with E-state index < -0.39 is 0 Å². The van der Waals surface area contributed by atoms with E-state index in [0.717, 1.165) is 19.3 Å². The van der Waals surface area contributed by atoms with Gasteiger partial charge in [-0.3, -0.25) is 9.59 Å². The molecule has 1 aliphatic heterocycles. The molecule has 1 heterocycles. The summed E-state index contributed by atoms with van der Waals surface area (Å²) < 4.78 is 0. The second kappa shape index (κ2) is 5.87. The summed E-state index contributed by atoms with van der Waals surface area (Å²) in [6.45, 7) is 6.30. The molecule has 0 aromatic carbocycles. The normalized spacial score (nSPS) is 23.2. The van der Waals surface area contributed by atoms with E-state index in [1.807, 2.05) is 13.8 Å². The van der Waals surface area contributed by atoms with Gasteiger partial charge in [-0.1, -0.05) is 26.7 Å². The number of carbonyl (C=O) groups excluding carboxylic acids is 2. The van der Waals surface area contributed by atoms with E-state index >= 15 is 0 Å². The molecule has 1 rings (SSSR count). The zero-order valence-electron chi connectivity index (χ0n) is 10.5. The Bertz CT molecular complexity index is 266. The maximum absolute atomic E-state index is 12.0. The lowest BCUT2D eigenvalue weighted by atomic mass is 10.1. The van der Waals surface area contributed by atoms with Gasteiger partial charge in [0.05, 0.1) is 6.54 Å². The van der Waals surface area contributed by atoms with Crippen molar-refractivity contribution in [3.05, 3.63) is 0 Å². The van der Waals surface area contributed by atoms with Crippen molar-refractivity contribution < 1.29 is 9.59 Å². The molecule has 1 fully saturated rings. The van der Waals surface area contributed by atoms with Crippen LogP contribution in [-0.2, 0) is 9.59 Å². The molecule has 0 aromatic heterocycles. The zero-order valence-corrected chi connectivity index (χ0v) is 10.5. The Morgan fingerprint density at radius 1 is 1.44 bits per heavy atom. The van der Waals surface area contributed by atoms with Gasteiger partial charge >= 0.3 is 0 Å². The van der Waals surface area contributed by atoms with Crippen molar-refractivity contribution in [2.45, 2.75) is 58.5 Å². The van der Waals surface area contributed by atoms with Crippen LogP contribution < -0.4 is 5.32 Å². The third-order valence-electron chi connectivity index (χ3n) is 3.15. The first-order valence-corrected chi connectivity index (χ1v) is 6.20. The molecule has 92 valence electrons. The summed E-state index contributed by atoms with van der Waals surface area (Å²) in [5, 5.41) is 2.73. The number of nitrogens with one attached hydrogen (secondary N) is 1. The Balaban J connectivity index is 2.62. The Morgan fingerprint density at radius 2 is 2.12 bits per heavy atom. The van der Waals surface area contributed by atoms with Crippen LogP contribution in [0.5, 0.6) is 0 Å². The average Bonchev–Trinajstić information content (AvgIpc) is 2.28. The second-order valence-electron chi connectivity index (χ2n) is 4.49. The standard InChI is InChI=1S/C12H22N2O2/c1-4-6-7-9(3)14-8-11(15)13-10(5-2)12(14)16/h9-10H,4-8H2,1-3H3,(H,13,15).